The number of benzene rings is 1. The normalized spacial score (nSPS) is 26.0. The number of hydrogen-bond donors (Lipinski definition) is 1. The first-order valence-electron chi connectivity index (χ1n) is 8.70. The third-order valence-electron chi connectivity index (χ3n) is 5.65. The smallest absolute Gasteiger partial charge is 0.0304 e. The second kappa shape index (κ2) is 6.10. The molecule has 3 rings (SSSR count). The summed E-state index contributed by atoms with van der Waals surface area (Å²) >= 11 is 0. The zero-order chi connectivity index (χ0) is 14.9. The fraction of sp³-hybridized carbons (Fsp3) is 0.684. The molecule has 2 heteroatoms. The number of piperazine rings is 1. The predicted molar refractivity (Wildman–Crippen MR) is 89.4 cm³/mol. The Balaban J connectivity index is 1.77. The van der Waals surface area contributed by atoms with Crippen LogP contribution >= 0.6 is 0 Å². The molecular formula is C19H30N2. The first-order chi connectivity index (χ1) is 10.2. The highest BCUT2D eigenvalue weighted by Gasteiger charge is 2.42. The summed E-state index contributed by atoms with van der Waals surface area (Å²) in [5, 5.41) is 3.89. The van der Waals surface area contributed by atoms with Crippen LogP contribution in [0.1, 0.15) is 50.7 Å². The van der Waals surface area contributed by atoms with Crippen molar-refractivity contribution in [3.63, 3.8) is 0 Å². The van der Waals surface area contributed by atoms with Crippen molar-refractivity contribution in [3.8, 4) is 0 Å². The summed E-state index contributed by atoms with van der Waals surface area (Å²) in [7, 11) is 0. The highest BCUT2D eigenvalue weighted by molar-refractivity contribution is 5.22. The highest BCUT2D eigenvalue weighted by Crippen LogP contribution is 2.38. The lowest BCUT2D eigenvalue weighted by Crippen LogP contribution is -2.64. The maximum Gasteiger partial charge on any atom is 0.0304 e. The number of aryl methyl sites for hydroxylation is 1. The Morgan fingerprint density at radius 3 is 2.62 bits per heavy atom. The summed E-state index contributed by atoms with van der Waals surface area (Å²) in [6.45, 7) is 10.4. The summed E-state index contributed by atoms with van der Waals surface area (Å²) in [5.74, 6) is 0.939. The van der Waals surface area contributed by atoms with E-state index in [0.717, 1.165) is 18.5 Å². The molecule has 1 N–H and O–H groups in total. The molecule has 1 unspecified atom stereocenters. The van der Waals surface area contributed by atoms with Gasteiger partial charge >= 0.3 is 0 Å². The Hall–Kier alpha value is -0.860. The zero-order valence-corrected chi connectivity index (χ0v) is 13.9. The van der Waals surface area contributed by atoms with Gasteiger partial charge in [-0.25, -0.2) is 0 Å². The predicted octanol–water partition coefficient (Wildman–Crippen LogP) is 3.74. The first-order valence-corrected chi connectivity index (χ1v) is 8.70. The van der Waals surface area contributed by atoms with Crippen molar-refractivity contribution in [3.05, 3.63) is 35.4 Å². The molecular weight excluding hydrogens is 256 g/mol. The fourth-order valence-electron chi connectivity index (χ4n) is 3.90. The molecule has 1 saturated carbocycles. The van der Waals surface area contributed by atoms with Crippen LogP contribution in [0.3, 0.4) is 0 Å². The van der Waals surface area contributed by atoms with Crippen molar-refractivity contribution in [2.24, 2.45) is 5.92 Å². The van der Waals surface area contributed by atoms with Crippen molar-refractivity contribution in [1.82, 2.24) is 10.2 Å². The fourth-order valence-corrected chi connectivity index (χ4v) is 3.90. The van der Waals surface area contributed by atoms with E-state index in [-0.39, 0.29) is 0 Å². The van der Waals surface area contributed by atoms with Gasteiger partial charge in [0, 0.05) is 31.2 Å². The summed E-state index contributed by atoms with van der Waals surface area (Å²) in [4.78, 5) is 2.77. The molecule has 1 aromatic carbocycles. The highest BCUT2D eigenvalue weighted by atomic mass is 15.3. The Morgan fingerprint density at radius 2 is 2.00 bits per heavy atom. The molecule has 1 saturated heterocycles. The third-order valence-corrected chi connectivity index (χ3v) is 5.65. The van der Waals surface area contributed by atoms with Crippen LogP contribution in [-0.4, -0.2) is 29.6 Å². The number of nitrogens with zero attached hydrogens (tertiary/aromatic N) is 1. The van der Waals surface area contributed by atoms with Crippen LogP contribution in [0, 0.1) is 12.8 Å². The van der Waals surface area contributed by atoms with E-state index in [2.05, 4.69) is 55.3 Å². The number of hydrogen-bond acceptors (Lipinski definition) is 2. The van der Waals surface area contributed by atoms with Gasteiger partial charge in [-0.05, 0) is 44.1 Å². The van der Waals surface area contributed by atoms with E-state index < -0.39 is 0 Å². The van der Waals surface area contributed by atoms with E-state index in [9.17, 15) is 0 Å². The molecule has 2 aliphatic rings. The lowest BCUT2D eigenvalue weighted by molar-refractivity contribution is 0.0557. The van der Waals surface area contributed by atoms with Crippen molar-refractivity contribution in [1.29, 1.82) is 0 Å². The standard InChI is InChI=1S/C19H30N2/c1-4-19(5-2)14-21(18(12-20-19)17-9-10-17)13-16-8-6-7-15(3)11-16/h6-8,11,17-18,20H,4-5,9-10,12-14H2,1-3H3. The van der Waals surface area contributed by atoms with Gasteiger partial charge in [0.25, 0.3) is 0 Å². The van der Waals surface area contributed by atoms with Crippen LogP contribution in [0.25, 0.3) is 0 Å². The van der Waals surface area contributed by atoms with E-state index in [4.69, 9.17) is 0 Å². The molecule has 2 fully saturated rings. The molecule has 1 aliphatic carbocycles. The minimum atomic E-state index is 0.329. The monoisotopic (exact) mass is 286 g/mol. The SMILES string of the molecule is CCC1(CC)CN(Cc2cccc(C)c2)C(C2CC2)CN1. The van der Waals surface area contributed by atoms with Gasteiger partial charge in [-0.2, -0.15) is 0 Å². The Morgan fingerprint density at radius 1 is 1.24 bits per heavy atom. The van der Waals surface area contributed by atoms with E-state index >= 15 is 0 Å². The average molecular weight is 286 g/mol. The summed E-state index contributed by atoms with van der Waals surface area (Å²) in [6.07, 6.45) is 5.32. The first kappa shape index (κ1) is 15.1. The Labute approximate surface area is 129 Å². The van der Waals surface area contributed by atoms with E-state index in [1.807, 2.05) is 0 Å². The molecule has 2 nitrogen and oxygen atoms in total. The number of rotatable bonds is 5. The minimum Gasteiger partial charge on any atom is -0.308 e. The topological polar surface area (TPSA) is 15.3 Å². The Kier molecular flexibility index (Phi) is 4.37. The van der Waals surface area contributed by atoms with Crippen LogP contribution < -0.4 is 5.32 Å². The van der Waals surface area contributed by atoms with Crippen molar-refractivity contribution >= 4 is 0 Å². The molecule has 0 bridgehead atoms. The maximum atomic E-state index is 3.89. The van der Waals surface area contributed by atoms with Gasteiger partial charge in [0.15, 0.2) is 0 Å². The van der Waals surface area contributed by atoms with E-state index in [1.54, 1.807) is 0 Å². The summed E-state index contributed by atoms with van der Waals surface area (Å²) < 4.78 is 0. The second-order valence-corrected chi connectivity index (χ2v) is 7.17. The minimum absolute atomic E-state index is 0.329. The maximum absolute atomic E-state index is 3.89. The van der Waals surface area contributed by atoms with Crippen molar-refractivity contribution in [2.75, 3.05) is 13.1 Å². The third kappa shape index (κ3) is 3.32. The van der Waals surface area contributed by atoms with E-state index in [1.165, 1.54) is 49.9 Å². The van der Waals surface area contributed by atoms with Crippen molar-refractivity contribution in [2.45, 2.75) is 64.6 Å². The molecule has 0 amide bonds. The van der Waals surface area contributed by atoms with Crippen LogP contribution in [0.15, 0.2) is 24.3 Å². The van der Waals surface area contributed by atoms with Crippen LogP contribution in [0.5, 0.6) is 0 Å². The van der Waals surface area contributed by atoms with Crippen LogP contribution in [0.2, 0.25) is 0 Å². The van der Waals surface area contributed by atoms with Crippen LogP contribution in [0.4, 0.5) is 0 Å². The average Bonchev–Trinajstić information content (AvgIpc) is 3.32. The van der Waals surface area contributed by atoms with Gasteiger partial charge < -0.3 is 5.32 Å². The summed E-state index contributed by atoms with van der Waals surface area (Å²) in [5.41, 5.74) is 3.18. The molecule has 1 aliphatic heterocycles. The van der Waals surface area contributed by atoms with Crippen molar-refractivity contribution < 1.29 is 0 Å². The van der Waals surface area contributed by atoms with Gasteiger partial charge in [-0.15, -0.1) is 0 Å². The zero-order valence-electron chi connectivity index (χ0n) is 13.9. The van der Waals surface area contributed by atoms with Gasteiger partial charge in [-0.3, -0.25) is 4.90 Å². The largest absolute Gasteiger partial charge is 0.308 e. The second-order valence-electron chi connectivity index (χ2n) is 7.17. The molecule has 0 aromatic heterocycles. The molecule has 116 valence electrons. The quantitative estimate of drug-likeness (QED) is 0.887. The Bertz CT molecular complexity index is 474. The van der Waals surface area contributed by atoms with Crippen LogP contribution in [-0.2, 0) is 6.54 Å². The molecule has 1 atom stereocenters. The molecule has 0 spiro atoms. The molecule has 1 aromatic rings. The molecule has 1 heterocycles. The van der Waals surface area contributed by atoms with E-state index in [0.29, 0.717) is 5.54 Å². The molecule has 21 heavy (non-hydrogen) atoms. The molecule has 0 radical (unpaired) electrons. The van der Waals surface area contributed by atoms with Gasteiger partial charge in [-0.1, -0.05) is 43.7 Å². The lowest BCUT2D eigenvalue weighted by atomic mass is 9.87. The lowest BCUT2D eigenvalue weighted by Gasteiger charge is -2.48. The summed E-state index contributed by atoms with van der Waals surface area (Å²) in [6, 6.07) is 9.79. The van der Waals surface area contributed by atoms with Gasteiger partial charge in [0.1, 0.15) is 0 Å². The van der Waals surface area contributed by atoms with Gasteiger partial charge in [0.05, 0.1) is 0 Å². The number of nitrogens with one attached hydrogen (secondary N) is 1. The van der Waals surface area contributed by atoms with Gasteiger partial charge in [0.2, 0.25) is 0 Å².